The molecule has 2 rings (SSSR count). The molecule has 0 aliphatic carbocycles. The summed E-state index contributed by atoms with van der Waals surface area (Å²) in [7, 11) is 0. The Morgan fingerprint density at radius 3 is 2.50 bits per heavy atom. The molecule has 1 unspecified atom stereocenters. The molecule has 0 amide bonds. The zero-order chi connectivity index (χ0) is 16.9. The van der Waals surface area contributed by atoms with E-state index in [2.05, 4.69) is 34.9 Å². The average Bonchev–Trinajstić information content (AvgIpc) is 2.84. The molecule has 1 heterocycles. The van der Waals surface area contributed by atoms with E-state index < -0.39 is 0 Å². The summed E-state index contributed by atoms with van der Waals surface area (Å²) in [6, 6.07) is 1.98. The fraction of sp³-hybridized carbons (Fsp3) is 0.588. The number of aromatic nitrogens is 2. The molecule has 0 aliphatic heterocycles. The lowest BCUT2D eigenvalue weighted by Crippen LogP contribution is -2.14. The maximum absolute atomic E-state index is 6.31. The Labute approximate surface area is 147 Å². The first-order chi connectivity index (χ1) is 10.5. The molecule has 0 N–H and O–H groups in total. The molecule has 1 atom stereocenters. The number of ether oxygens (including phenoxy) is 1. The van der Waals surface area contributed by atoms with E-state index in [-0.39, 0.29) is 6.23 Å². The van der Waals surface area contributed by atoms with Crippen LogP contribution in [0.25, 0.3) is 10.9 Å². The number of nitrogens with zero attached hydrogens (tertiary/aromatic N) is 2. The molecule has 0 bridgehead atoms. The minimum absolute atomic E-state index is 0.0446. The van der Waals surface area contributed by atoms with Gasteiger partial charge in [0, 0.05) is 21.5 Å². The summed E-state index contributed by atoms with van der Waals surface area (Å²) in [6.45, 7) is 13.0. The van der Waals surface area contributed by atoms with E-state index in [0.29, 0.717) is 0 Å². The van der Waals surface area contributed by atoms with Gasteiger partial charge in [0.15, 0.2) is 6.23 Å². The van der Waals surface area contributed by atoms with E-state index in [1.165, 1.54) is 0 Å². The molecular weight excluding hydrogens is 364 g/mol. The SMILES string of the molecule is CC.CCCOC(CC)n1nc(C)c2c(Br)c(C)c(Cl)cc21. The minimum atomic E-state index is -0.0446. The average molecular weight is 390 g/mol. The fourth-order valence-electron chi connectivity index (χ4n) is 2.33. The molecule has 0 saturated carbocycles. The van der Waals surface area contributed by atoms with Crippen molar-refractivity contribution in [2.75, 3.05) is 6.61 Å². The predicted octanol–water partition coefficient (Wildman–Crippen LogP) is 6.43. The highest BCUT2D eigenvalue weighted by Gasteiger charge is 2.19. The van der Waals surface area contributed by atoms with Crippen molar-refractivity contribution in [1.82, 2.24) is 9.78 Å². The second-order valence-electron chi connectivity index (χ2n) is 4.96. The minimum Gasteiger partial charge on any atom is -0.357 e. The Hall–Kier alpha value is -0.580. The van der Waals surface area contributed by atoms with Crippen LogP contribution in [0, 0.1) is 13.8 Å². The molecule has 124 valence electrons. The molecule has 1 aromatic heterocycles. The molecule has 0 aliphatic rings. The molecule has 22 heavy (non-hydrogen) atoms. The smallest absolute Gasteiger partial charge is 0.150 e. The van der Waals surface area contributed by atoms with Crippen LogP contribution in [-0.4, -0.2) is 16.4 Å². The number of fused-ring (bicyclic) bond motifs is 1. The number of rotatable bonds is 5. The normalized spacial score (nSPS) is 12.2. The second-order valence-corrected chi connectivity index (χ2v) is 6.16. The third kappa shape index (κ3) is 3.84. The van der Waals surface area contributed by atoms with Crippen LogP contribution in [-0.2, 0) is 4.74 Å². The van der Waals surface area contributed by atoms with Gasteiger partial charge in [0.05, 0.1) is 11.2 Å². The van der Waals surface area contributed by atoms with E-state index in [4.69, 9.17) is 16.3 Å². The molecule has 0 saturated heterocycles. The van der Waals surface area contributed by atoms with Gasteiger partial charge in [-0.15, -0.1) is 0 Å². The quantitative estimate of drug-likeness (QED) is 0.589. The zero-order valence-corrected chi connectivity index (χ0v) is 16.7. The van der Waals surface area contributed by atoms with Crippen LogP contribution in [0.1, 0.15) is 58.0 Å². The van der Waals surface area contributed by atoms with Gasteiger partial charge in [-0.2, -0.15) is 5.10 Å². The Kier molecular flexibility index (Phi) is 7.87. The van der Waals surface area contributed by atoms with Crippen LogP contribution in [0.5, 0.6) is 0 Å². The monoisotopic (exact) mass is 388 g/mol. The van der Waals surface area contributed by atoms with Crippen LogP contribution in [0.2, 0.25) is 5.02 Å². The highest BCUT2D eigenvalue weighted by atomic mass is 79.9. The summed E-state index contributed by atoms with van der Waals surface area (Å²) in [6.07, 6.45) is 1.83. The zero-order valence-electron chi connectivity index (χ0n) is 14.3. The lowest BCUT2D eigenvalue weighted by molar-refractivity contribution is -0.00525. The highest BCUT2D eigenvalue weighted by Crippen LogP contribution is 2.36. The van der Waals surface area contributed by atoms with Gasteiger partial charge in [-0.05, 0) is 54.2 Å². The summed E-state index contributed by atoms with van der Waals surface area (Å²) in [4.78, 5) is 0. The molecule has 1 aromatic carbocycles. The lowest BCUT2D eigenvalue weighted by Gasteiger charge is -2.17. The first-order valence-corrected chi connectivity index (χ1v) is 9.13. The number of halogens is 2. The van der Waals surface area contributed by atoms with Crippen LogP contribution in [0.15, 0.2) is 10.5 Å². The molecule has 0 fully saturated rings. The Morgan fingerprint density at radius 1 is 1.32 bits per heavy atom. The Balaban J connectivity index is 0.00000116. The third-order valence-electron chi connectivity index (χ3n) is 3.43. The van der Waals surface area contributed by atoms with E-state index in [1.54, 1.807) is 0 Å². The summed E-state index contributed by atoms with van der Waals surface area (Å²) in [5, 5.41) is 6.52. The summed E-state index contributed by atoms with van der Waals surface area (Å²) in [5.74, 6) is 0. The van der Waals surface area contributed by atoms with Crippen molar-refractivity contribution in [2.24, 2.45) is 0 Å². The molecular formula is C17H26BrClN2O. The number of aryl methyl sites for hydroxylation is 1. The number of benzene rings is 1. The lowest BCUT2D eigenvalue weighted by atomic mass is 10.1. The summed E-state index contributed by atoms with van der Waals surface area (Å²) >= 11 is 9.96. The Morgan fingerprint density at radius 2 is 1.95 bits per heavy atom. The second kappa shape index (κ2) is 8.90. The summed E-state index contributed by atoms with van der Waals surface area (Å²) in [5.41, 5.74) is 3.06. The summed E-state index contributed by atoms with van der Waals surface area (Å²) < 4.78 is 8.88. The van der Waals surface area contributed by atoms with Gasteiger partial charge < -0.3 is 4.74 Å². The van der Waals surface area contributed by atoms with Crippen molar-refractivity contribution in [3.8, 4) is 0 Å². The first kappa shape index (κ1) is 19.5. The van der Waals surface area contributed by atoms with Crippen molar-refractivity contribution < 1.29 is 4.74 Å². The van der Waals surface area contributed by atoms with Gasteiger partial charge in [0.2, 0.25) is 0 Å². The van der Waals surface area contributed by atoms with E-state index >= 15 is 0 Å². The van der Waals surface area contributed by atoms with Crippen molar-refractivity contribution in [2.45, 2.75) is 60.6 Å². The van der Waals surface area contributed by atoms with Gasteiger partial charge in [-0.1, -0.05) is 39.3 Å². The predicted molar refractivity (Wildman–Crippen MR) is 98.8 cm³/mol. The largest absolute Gasteiger partial charge is 0.357 e. The van der Waals surface area contributed by atoms with Gasteiger partial charge >= 0.3 is 0 Å². The van der Waals surface area contributed by atoms with Crippen molar-refractivity contribution in [1.29, 1.82) is 0 Å². The maximum atomic E-state index is 6.31. The van der Waals surface area contributed by atoms with Gasteiger partial charge in [-0.25, -0.2) is 4.68 Å². The molecule has 2 aromatic rings. The van der Waals surface area contributed by atoms with Crippen LogP contribution in [0.4, 0.5) is 0 Å². The molecule has 3 nitrogen and oxygen atoms in total. The molecule has 0 radical (unpaired) electrons. The number of hydrogen-bond donors (Lipinski definition) is 0. The van der Waals surface area contributed by atoms with E-state index in [1.807, 2.05) is 38.4 Å². The third-order valence-corrected chi connectivity index (χ3v) is 4.81. The van der Waals surface area contributed by atoms with Crippen LogP contribution in [0.3, 0.4) is 0 Å². The molecule has 5 heteroatoms. The fourth-order valence-corrected chi connectivity index (χ4v) is 3.35. The standard InChI is InChI=1S/C15H20BrClN2O.C2H6/c1-5-7-20-13(6-2)19-12-8-11(17)9(3)15(16)14(12)10(4)18-19;1-2/h8,13H,5-7H2,1-4H3;1-2H3. The van der Waals surface area contributed by atoms with Gasteiger partial charge in [0.1, 0.15) is 0 Å². The molecule has 0 spiro atoms. The number of hydrogen-bond acceptors (Lipinski definition) is 2. The van der Waals surface area contributed by atoms with E-state index in [9.17, 15) is 0 Å². The van der Waals surface area contributed by atoms with Crippen molar-refractivity contribution in [3.05, 3.63) is 26.8 Å². The topological polar surface area (TPSA) is 27.1 Å². The first-order valence-electron chi connectivity index (χ1n) is 7.96. The Bertz CT molecular complexity index is 625. The highest BCUT2D eigenvalue weighted by molar-refractivity contribution is 9.10. The maximum Gasteiger partial charge on any atom is 0.150 e. The van der Waals surface area contributed by atoms with Crippen molar-refractivity contribution in [3.63, 3.8) is 0 Å². The van der Waals surface area contributed by atoms with Crippen LogP contribution < -0.4 is 0 Å². The van der Waals surface area contributed by atoms with Crippen LogP contribution >= 0.6 is 27.5 Å². The van der Waals surface area contributed by atoms with Gasteiger partial charge in [0.25, 0.3) is 0 Å². The van der Waals surface area contributed by atoms with E-state index in [0.717, 1.165) is 51.1 Å². The van der Waals surface area contributed by atoms with Crippen molar-refractivity contribution >= 4 is 38.4 Å². The van der Waals surface area contributed by atoms with Gasteiger partial charge in [-0.3, -0.25) is 0 Å².